The molecule has 3 heterocycles. The van der Waals surface area contributed by atoms with Crippen molar-refractivity contribution in [2.75, 3.05) is 26.2 Å². The number of benzene rings is 2. The summed E-state index contributed by atoms with van der Waals surface area (Å²) in [5.74, 6) is 0.739. The van der Waals surface area contributed by atoms with Gasteiger partial charge in [-0.05, 0) is 63.5 Å². The predicted molar refractivity (Wildman–Crippen MR) is 120 cm³/mol. The highest BCUT2D eigenvalue weighted by molar-refractivity contribution is 5.80. The number of aryl methyl sites for hydroxylation is 1. The van der Waals surface area contributed by atoms with Crippen molar-refractivity contribution >= 4 is 21.9 Å². The van der Waals surface area contributed by atoms with Crippen molar-refractivity contribution in [2.24, 2.45) is 0 Å². The molecule has 0 aliphatic carbocycles. The van der Waals surface area contributed by atoms with Gasteiger partial charge in [0.1, 0.15) is 17.1 Å². The third-order valence-electron chi connectivity index (χ3n) is 6.24. The number of fused-ring (bicyclic) bond motifs is 2. The first-order valence-electron chi connectivity index (χ1n) is 11.0. The Hall–Kier alpha value is -3.19. The first-order chi connectivity index (χ1) is 15.6. The lowest BCUT2D eigenvalue weighted by atomic mass is 9.91. The summed E-state index contributed by atoms with van der Waals surface area (Å²) in [6.07, 6.45) is 4.40. The smallest absolute Gasteiger partial charge is 0.195 e. The summed E-state index contributed by atoms with van der Waals surface area (Å²) in [6, 6.07) is 9.97. The summed E-state index contributed by atoms with van der Waals surface area (Å²) >= 11 is 0. The van der Waals surface area contributed by atoms with E-state index in [9.17, 15) is 9.18 Å². The van der Waals surface area contributed by atoms with E-state index in [4.69, 9.17) is 13.7 Å². The van der Waals surface area contributed by atoms with Crippen molar-refractivity contribution in [1.29, 1.82) is 0 Å². The van der Waals surface area contributed by atoms with E-state index in [0.29, 0.717) is 40.4 Å². The van der Waals surface area contributed by atoms with E-state index in [1.165, 1.54) is 18.4 Å². The number of likely N-dealkylation sites (tertiary alicyclic amines) is 1. The van der Waals surface area contributed by atoms with Crippen LogP contribution in [-0.4, -0.2) is 36.3 Å². The standard InChI is InChI=1S/C25H25FN2O4/c1-16-15-31-22-14-19(4-6-21(22)25(16)29)30-12-2-9-28-10-7-17(8-11-28)24-20-5-3-18(26)13-23(20)32-27-24/h3-6,13-15,17H,2,7-12H2,1H3. The molecule has 5 rings (SSSR count). The van der Waals surface area contributed by atoms with Gasteiger partial charge in [0.15, 0.2) is 11.0 Å². The van der Waals surface area contributed by atoms with Crippen LogP contribution >= 0.6 is 0 Å². The van der Waals surface area contributed by atoms with Gasteiger partial charge in [0.25, 0.3) is 0 Å². The van der Waals surface area contributed by atoms with Crippen molar-refractivity contribution in [1.82, 2.24) is 10.1 Å². The maximum atomic E-state index is 13.4. The lowest BCUT2D eigenvalue weighted by molar-refractivity contribution is 0.191. The van der Waals surface area contributed by atoms with Gasteiger partial charge in [-0.1, -0.05) is 5.16 Å². The zero-order valence-corrected chi connectivity index (χ0v) is 18.0. The second-order valence-corrected chi connectivity index (χ2v) is 8.43. The van der Waals surface area contributed by atoms with E-state index in [1.807, 2.05) is 6.07 Å². The van der Waals surface area contributed by atoms with Gasteiger partial charge < -0.3 is 18.6 Å². The highest BCUT2D eigenvalue weighted by Gasteiger charge is 2.25. The molecule has 0 N–H and O–H groups in total. The molecule has 2 aromatic carbocycles. The van der Waals surface area contributed by atoms with E-state index in [2.05, 4.69) is 10.1 Å². The number of aromatic nitrogens is 1. The third kappa shape index (κ3) is 4.12. The van der Waals surface area contributed by atoms with Crippen LogP contribution in [0.15, 0.2) is 56.4 Å². The molecular weight excluding hydrogens is 411 g/mol. The van der Waals surface area contributed by atoms with Gasteiger partial charge in [-0.15, -0.1) is 0 Å². The second kappa shape index (κ2) is 8.74. The quantitative estimate of drug-likeness (QED) is 0.395. The highest BCUT2D eigenvalue weighted by Crippen LogP contribution is 2.32. The zero-order valence-electron chi connectivity index (χ0n) is 18.0. The molecule has 1 saturated heterocycles. The lowest BCUT2D eigenvalue weighted by Crippen LogP contribution is -2.34. The first kappa shape index (κ1) is 20.7. The Labute approximate surface area is 184 Å². The van der Waals surface area contributed by atoms with Crippen molar-refractivity contribution < 1.29 is 18.1 Å². The summed E-state index contributed by atoms with van der Waals surface area (Å²) in [5, 5.41) is 5.71. The number of hydrogen-bond acceptors (Lipinski definition) is 6. The summed E-state index contributed by atoms with van der Waals surface area (Å²) in [7, 11) is 0. The third-order valence-corrected chi connectivity index (χ3v) is 6.24. The second-order valence-electron chi connectivity index (χ2n) is 8.43. The fourth-order valence-electron chi connectivity index (χ4n) is 4.43. The molecule has 1 aliphatic rings. The molecule has 2 aromatic heterocycles. The van der Waals surface area contributed by atoms with E-state index in [0.717, 1.165) is 50.0 Å². The maximum absolute atomic E-state index is 13.4. The van der Waals surface area contributed by atoms with E-state index >= 15 is 0 Å². The molecule has 1 aliphatic heterocycles. The van der Waals surface area contributed by atoms with Crippen LogP contribution in [0.25, 0.3) is 21.9 Å². The van der Waals surface area contributed by atoms with Gasteiger partial charge >= 0.3 is 0 Å². The minimum atomic E-state index is -0.305. The Bertz CT molecular complexity index is 1300. The van der Waals surface area contributed by atoms with Crippen LogP contribution < -0.4 is 10.2 Å². The SMILES string of the molecule is Cc1coc2cc(OCCCN3CCC(c4noc5cc(F)ccc45)CC3)ccc2c1=O. The van der Waals surface area contributed by atoms with E-state index in [1.54, 1.807) is 25.1 Å². The minimum absolute atomic E-state index is 0.00742. The summed E-state index contributed by atoms with van der Waals surface area (Å²) in [4.78, 5) is 14.6. The van der Waals surface area contributed by atoms with Crippen LogP contribution in [0, 0.1) is 12.7 Å². The number of piperidine rings is 1. The molecule has 0 bridgehead atoms. The fraction of sp³-hybridized carbons (Fsp3) is 0.360. The Morgan fingerprint density at radius 2 is 1.94 bits per heavy atom. The van der Waals surface area contributed by atoms with Gasteiger partial charge in [0.2, 0.25) is 0 Å². The Morgan fingerprint density at radius 3 is 2.78 bits per heavy atom. The Balaban J connectivity index is 1.10. The largest absolute Gasteiger partial charge is 0.493 e. The van der Waals surface area contributed by atoms with Crippen LogP contribution in [0.5, 0.6) is 5.75 Å². The van der Waals surface area contributed by atoms with Crippen LogP contribution in [-0.2, 0) is 0 Å². The van der Waals surface area contributed by atoms with Crippen LogP contribution in [0.1, 0.15) is 36.4 Å². The van der Waals surface area contributed by atoms with E-state index < -0.39 is 0 Å². The Kier molecular flexibility index (Phi) is 5.66. The molecular formula is C25H25FN2O4. The van der Waals surface area contributed by atoms with Gasteiger partial charge in [-0.25, -0.2) is 4.39 Å². The highest BCUT2D eigenvalue weighted by atomic mass is 19.1. The molecule has 32 heavy (non-hydrogen) atoms. The number of rotatable bonds is 6. The van der Waals surface area contributed by atoms with Crippen molar-refractivity contribution in [2.45, 2.75) is 32.1 Å². The molecule has 0 atom stereocenters. The lowest BCUT2D eigenvalue weighted by Gasteiger charge is -2.31. The molecule has 1 fully saturated rings. The van der Waals surface area contributed by atoms with Gasteiger partial charge in [0, 0.05) is 35.5 Å². The average molecular weight is 436 g/mol. The summed E-state index contributed by atoms with van der Waals surface area (Å²) < 4.78 is 30.1. The number of nitrogens with zero attached hydrogens (tertiary/aromatic N) is 2. The van der Waals surface area contributed by atoms with Gasteiger partial charge in [0.05, 0.1) is 24.0 Å². The zero-order chi connectivity index (χ0) is 22.1. The van der Waals surface area contributed by atoms with Gasteiger partial charge in [-0.2, -0.15) is 0 Å². The van der Waals surface area contributed by atoms with Gasteiger partial charge in [-0.3, -0.25) is 4.79 Å². The fourth-order valence-corrected chi connectivity index (χ4v) is 4.43. The normalized spacial score (nSPS) is 15.6. The molecule has 0 saturated carbocycles. The number of hydrogen-bond donors (Lipinski definition) is 0. The molecule has 0 unspecified atom stereocenters. The first-order valence-corrected chi connectivity index (χ1v) is 11.0. The Morgan fingerprint density at radius 1 is 1.12 bits per heavy atom. The predicted octanol–water partition coefficient (Wildman–Crippen LogP) is 5.03. The van der Waals surface area contributed by atoms with Crippen molar-refractivity contribution in [3.8, 4) is 5.75 Å². The topological polar surface area (TPSA) is 68.7 Å². The molecule has 0 radical (unpaired) electrons. The molecule has 6 nitrogen and oxygen atoms in total. The molecule has 4 aromatic rings. The van der Waals surface area contributed by atoms with Crippen LogP contribution in [0.3, 0.4) is 0 Å². The minimum Gasteiger partial charge on any atom is -0.493 e. The molecule has 166 valence electrons. The summed E-state index contributed by atoms with van der Waals surface area (Å²) in [5.41, 5.74) is 2.60. The molecule has 0 spiro atoms. The van der Waals surface area contributed by atoms with Crippen LogP contribution in [0.4, 0.5) is 4.39 Å². The molecule has 7 heteroatoms. The number of ether oxygens (including phenoxy) is 1. The molecule has 0 amide bonds. The van der Waals surface area contributed by atoms with E-state index in [-0.39, 0.29) is 11.2 Å². The van der Waals surface area contributed by atoms with Crippen molar-refractivity contribution in [3.63, 3.8) is 0 Å². The van der Waals surface area contributed by atoms with Crippen LogP contribution in [0.2, 0.25) is 0 Å². The average Bonchev–Trinajstić information content (AvgIpc) is 3.22. The van der Waals surface area contributed by atoms with Crippen molar-refractivity contribution in [3.05, 3.63) is 70.0 Å². The monoisotopic (exact) mass is 436 g/mol. The maximum Gasteiger partial charge on any atom is 0.195 e. The summed E-state index contributed by atoms with van der Waals surface area (Å²) in [6.45, 7) is 5.27. The number of halogens is 1.